The zero-order valence-electron chi connectivity index (χ0n) is 20.7. The minimum absolute atomic E-state index is 0.0808. The summed E-state index contributed by atoms with van der Waals surface area (Å²) in [5, 5.41) is 25.9. The minimum atomic E-state index is -0.765. The lowest BCUT2D eigenvalue weighted by atomic mass is 9.90. The molecule has 0 aromatic heterocycles. The third-order valence-corrected chi connectivity index (χ3v) is 7.15. The Morgan fingerprint density at radius 2 is 1.42 bits per heavy atom. The molecule has 2 amide bonds. The van der Waals surface area contributed by atoms with E-state index in [0.29, 0.717) is 34.8 Å². The summed E-state index contributed by atoms with van der Waals surface area (Å²) in [6.07, 6.45) is 1.73. The van der Waals surface area contributed by atoms with Crippen molar-refractivity contribution < 1.29 is 14.7 Å². The summed E-state index contributed by atoms with van der Waals surface area (Å²) >= 11 is 6.61. The summed E-state index contributed by atoms with van der Waals surface area (Å²) in [4.78, 5) is 26.9. The van der Waals surface area contributed by atoms with Crippen LogP contribution >= 0.6 is 31.9 Å². The average molecular weight is 645 g/mol. The Hall–Kier alpha value is -3.37. The molecule has 38 heavy (non-hydrogen) atoms. The summed E-state index contributed by atoms with van der Waals surface area (Å²) in [5.74, 6) is -1.17. The molecule has 1 atom stereocenters. The molecule has 0 saturated heterocycles. The highest BCUT2D eigenvalue weighted by atomic mass is 79.9. The van der Waals surface area contributed by atoms with Crippen LogP contribution in [-0.2, 0) is 16.1 Å². The third kappa shape index (κ3) is 8.59. The Morgan fingerprint density at radius 3 is 1.95 bits per heavy atom. The largest absolute Gasteiger partial charge is 0.506 e. The van der Waals surface area contributed by atoms with E-state index in [4.69, 9.17) is 11.1 Å². The molecule has 1 unspecified atom stereocenters. The lowest BCUT2D eigenvalue weighted by Crippen LogP contribution is -2.48. The van der Waals surface area contributed by atoms with Crippen molar-refractivity contribution in [1.29, 1.82) is 5.41 Å². The molecule has 0 aliphatic heterocycles. The lowest BCUT2D eigenvalue weighted by molar-refractivity contribution is -0.129. The number of nitrogens with two attached hydrogens (primary N) is 1. The number of guanidine groups is 1. The number of rotatable bonds is 12. The van der Waals surface area contributed by atoms with Crippen LogP contribution in [0.5, 0.6) is 5.75 Å². The van der Waals surface area contributed by atoms with Crippen LogP contribution in [0.15, 0.2) is 81.7 Å². The second-order valence-electron chi connectivity index (χ2n) is 8.78. The van der Waals surface area contributed by atoms with Crippen LogP contribution in [-0.4, -0.2) is 35.5 Å². The van der Waals surface area contributed by atoms with Gasteiger partial charge in [0.2, 0.25) is 11.8 Å². The zero-order valence-corrected chi connectivity index (χ0v) is 23.9. The topological polar surface area (TPSA) is 140 Å². The van der Waals surface area contributed by atoms with Gasteiger partial charge in [0, 0.05) is 13.1 Å². The molecule has 200 valence electrons. The van der Waals surface area contributed by atoms with Crippen molar-refractivity contribution in [3.05, 3.63) is 98.4 Å². The molecule has 0 spiro atoms. The lowest BCUT2D eigenvalue weighted by Gasteiger charge is -2.23. The first-order valence-electron chi connectivity index (χ1n) is 12.2. The predicted molar refractivity (Wildman–Crippen MR) is 156 cm³/mol. The van der Waals surface area contributed by atoms with Gasteiger partial charge in [0.25, 0.3) is 0 Å². The minimum Gasteiger partial charge on any atom is -0.506 e. The van der Waals surface area contributed by atoms with Crippen LogP contribution in [0.2, 0.25) is 0 Å². The molecule has 10 heteroatoms. The van der Waals surface area contributed by atoms with Gasteiger partial charge in [-0.3, -0.25) is 15.0 Å². The Labute approximate surface area is 239 Å². The predicted octanol–water partition coefficient (Wildman–Crippen LogP) is 4.50. The van der Waals surface area contributed by atoms with Gasteiger partial charge in [-0.25, -0.2) is 0 Å². The van der Waals surface area contributed by atoms with E-state index in [-0.39, 0.29) is 30.1 Å². The van der Waals surface area contributed by atoms with Gasteiger partial charge in [-0.05, 0) is 79.9 Å². The molecule has 0 aliphatic carbocycles. The smallest absolute Gasteiger partial charge is 0.242 e. The fourth-order valence-corrected chi connectivity index (χ4v) is 5.32. The molecule has 3 aromatic carbocycles. The van der Waals surface area contributed by atoms with Crippen molar-refractivity contribution in [3.8, 4) is 5.75 Å². The Bertz CT molecular complexity index is 1180. The van der Waals surface area contributed by atoms with E-state index in [1.807, 2.05) is 60.7 Å². The second kappa shape index (κ2) is 14.5. The number of carbonyl (C=O) groups is 2. The first-order chi connectivity index (χ1) is 18.3. The van der Waals surface area contributed by atoms with Crippen LogP contribution in [0.25, 0.3) is 0 Å². The number of phenolic OH excluding ortho intramolecular Hbond substituents is 1. The fourth-order valence-electron chi connectivity index (χ4n) is 4.04. The van der Waals surface area contributed by atoms with E-state index >= 15 is 0 Å². The molecule has 0 radical (unpaired) electrons. The Kier molecular flexibility index (Phi) is 11.2. The fraction of sp³-hybridized carbons (Fsp3) is 0.250. The van der Waals surface area contributed by atoms with Crippen molar-refractivity contribution in [3.63, 3.8) is 0 Å². The van der Waals surface area contributed by atoms with Crippen LogP contribution < -0.4 is 21.7 Å². The molecule has 0 heterocycles. The maximum Gasteiger partial charge on any atom is 0.242 e. The number of carbonyl (C=O) groups excluding carboxylic acids is 2. The number of amides is 2. The number of phenols is 1. The molecule has 0 saturated carbocycles. The first kappa shape index (κ1) is 29.2. The summed E-state index contributed by atoms with van der Waals surface area (Å²) in [6.45, 7) is 0.721. The van der Waals surface area contributed by atoms with Crippen LogP contribution in [0, 0.1) is 5.41 Å². The molecule has 0 bridgehead atoms. The van der Waals surface area contributed by atoms with Gasteiger partial charge in [0.1, 0.15) is 11.8 Å². The third-order valence-electron chi connectivity index (χ3n) is 5.94. The average Bonchev–Trinajstić information content (AvgIpc) is 2.90. The maximum absolute atomic E-state index is 13.6. The van der Waals surface area contributed by atoms with Gasteiger partial charge in [-0.1, -0.05) is 60.7 Å². The summed E-state index contributed by atoms with van der Waals surface area (Å²) < 4.78 is 1.01. The highest BCUT2D eigenvalue weighted by molar-refractivity contribution is 9.11. The number of benzene rings is 3. The molecular weight excluding hydrogens is 614 g/mol. The van der Waals surface area contributed by atoms with Crippen molar-refractivity contribution >= 4 is 49.6 Å². The van der Waals surface area contributed by atoms with Crippen molar-refractivity contribution in [2.24, 2.45) is 5.73 Å². The van der Waals surface area contributed by atoms with E-state index in [1.54, 1.807) is 12.1 Å². The van der Waals surface area contributed by atoms with Gasteiger partial charge < -0.3 is 26.8 Å². The monoisotopic (exact) mass is 643 g/mol. The van der Waals surface area contributed by atoms with Crippen molar-refractivity contribution in [2.45, 2.75) is 37.8 Å². The van der Waals surface area contributed by atoms with E-state index in [0.717, 1.165) is 16.7 Å². The number of nitrogens with one attached hydrogen (secondary N) is 4. The van der Waals surface area contributed by atoms with E-state index in [1.165, 1.54) is 0 Å². The van der Waals surface area contributed by atoms with Crippen molar-refractivity contribution in [1.82, 2.24) is 16.0 Å². The van der Waals surface area contributed by atoms with Gasteiger partial charge in [-0.15, -0.1) is 0 Å². The second-order valence-corrected chi connectivity index (χ2v) is 10.5. The molecule has 3 aromatic rings. The van der Waals surface area contributed by atoms with E-state index in [9.17, 15) is 14.7 Å². The molecule has 0 aliphatic rings. The normalized spacial score (nSPS) is 11.6. The van der Waals surface area contributed by atoms with E-state index in [2.05, 4.69) is 47.8 Å². The first-order valence-corrected chi connectivity index (χ1v) is 13.8. The summed E-state index contributed by atoms with van der Waals surface area (Å²) in [5.41, 5.74) is 7.79. The SMILES string of the molecule is N=C(N)NCCCCC(NC(=O)C(c1ccccc1)c1ccccc1)C(=O)NCc1cc(Br)c(O)c(Br)c1. The number of hydrogen-bond acceptors (Lipinski definition) is 4. The van der Waals surface area contributed by atoms with E-state index < -0.39 is 12.0 Å². The highest BCUT2D eigenvalue weighted by Crippen LogP contribution is 2.33. The highest BCUT2D eigenvalue weighted by Gasteiger charge is 2.27. The number of aromatic hydroxyl groups is 1. The Balaban J connectivity index is 1.76. The molecule has 3 rings (SSSR count). The number of hydrogen-bond donors (Lipinski definition) is 6. The van der Waals surface area contributed by atoms with Gasteiger partial charge in [-0.2, -0.15) is 0 Å². The van der Waals surface area contributed by atoms with Gasteiger partial charge >= 0.3 is 0 Å². The van der Waals surface area contributed by atoms with Crippen LogP contribution in [0.4, 0.5) is 0 Å². The molecule has 8 nitrogen and oxygen atoms in total. The quantitative estimate of drug-likeness (QED) is 0.0979. The summed E-state index contributed by atoms with van der Waals surface area (Å²) in [6, 6.07) is 21.6. The summed E-state index contributed by atoms with van der Waals surface area (Å²) in [7, 11) is 0. The van der Waals surface area contributed by atoms with Gasteiger partial charge in [0.05, 0.1) is 14.9 Å². The number of halogens is 2. The standard InChI is InChI=1S/C28H31Br2N5O3/c29-21-15-18(16-22(30)25(21)36)17-34-26(37)23(13-7-8-14-33-28(31)32)35-27(38)24(19-9-3-1-4-10-19)20-11-5-2-6-12-20/h1-6,9-12,15-16,23-24,36H,7-8,13-14,17H2,(H,34,37)(H,35,38)(H4,31,32,33). The maximum atomic E-state index is 13.6. The van der Waals surface area contributed by atoms with Crippen molar-refractivity contribution in [2.75, 3.05) is 6.54 Å². The number of unbranched alkanes of at least 4 members (excludes halogenated alkanes) is 1. The molecular formula is C28H31Br2N5O3. The van der Waals surface area contributed by atoms with Crippen LogP contribution in [0.1, 0.15) is 41.9 Å². The molecule has 0 fully saturated rings. The zero-order chi connectivity index (χ0) is 27.5. The molecule has 7 N–H and O–H groups in total. The van der Waals surface area contributed by atoms with Gasteiger partial charge in [0.15, 0.2) is 5.96 Å². The van der Waals surface area contributed by atoms with Crippen LogP contribution in [0.3, 0.4) is 0 Å². The Morgan fingerprint density at radius 1 is 0.868 bits per heavy atom.